The van der Waals surface area contributed by atoms with E-state index in [4.69, 9.17) is 23.2 Å². The van der Waals surface area contributed by atoms with Crippen molar-refractivity contribution >= 4 is 45.8 Å². The summed E-state index contributed by atoms with van der Waals surface area (Å²) in [7, 11) is 0. The number of nitrogens with one attached hydrogen (secondary N) is 3. The van der Waals surface area contributed by atoms with Crippen LogP contribution in [0.3, 0.4) is 0 Å². The predicted octanol–water partition coefficient (Wildman–Crippen LogP) is 3.42. The molecule has 0 spiro atoms. The minimum absolute atomic E-state index is 0.350. The number of rotatable bonds is 2. The number of carbonyl (C=O) groups is 1. The fourth-order valence-corrected chi connectivity index (χ4v) is 2.32. The molecule has 1 amide bonds. The van der Waals surface area contributed by atoms with Gasteiger partial charge in [-0.2, -0.15) is 0 Å². The van der Waals surface area contributed by atoms with Gasteiger partial charge in [-0.15, -0.1) is 0 Å². The molecule has 1 aromatic heterocycles. The topological polar surface area (TPSA) is 77.8 Å². The molecule has 0 saturated carbocycles. The third kappa shape index (κ3) is 2.66. The smallest absolute Gasteiger partial charge is 0.322 e. The average molecular weight is 322 g/mol. The van der Waals surface area contributed by atoms with E-state index in [1.165, 1.54) is 0 Å². The third-order valence-electron chi connectivity index (χ3n) is 2.97. The van der Waals surface area contributed by atoms with E-state index >= 15 is 0 Å². The predicted molar refractivity (Wildman–Crippen MR) is 83.3 cm³/mol. The number of imidazole rings is 1. The molecule has 106 valence electrons. The summed E-state index contributed by atoms with van der Waals surface area (Å²) in [6, 6.07) is 9.82. The molecular weight excluding hydrogens is 313 g/mol. The van der Waals surface area contributed by atoms with E-state index in [-0.39, 0.29) is 11.6 Å². The van der Waals surface area contributed by atoms with Crippen LogP contribution in [-0.4, -0.2) is 15.9 Å². The van der Waals surface area contributed by atoms with E-state index in [1.807, 2.05) is 0 Å². The Morgan fingerprint density at radius 1 is 1.05 bits per heavy atom. The number of hydrogen-bond donors (Lipinski definition) is 3. The van der Waals surface area contributed by atoms with Gasteiger partial charge < -0.3 is 15.3 Å². The number of aromatic nitrogens is 2. The molecule has 2 aromatic carbocycles. The molecule has 0 unspecified atom stereocenters. The number of carbonyl (C=O) groups excluding carboxylic acids is 1. The lowest BCUT2D eigenvalue weighted by Crippen LogP contribution is -2.12. The number of para-hydroxylation sites is 1. The number of fused-ring (bicyclic) bond motifs is 1. The van der Waals surface area contributed by atoms with Gasteiger partial charge >= 0.3 is 5.69 Å². The molecule has 21 heavy (non-hydrogen) atoms. The van der Waals surface area contributed by atoms with Crippen LogP contribution in [0.15, 0.2) is 41.2 Å². The molecule has 1 heterocycles. The molecule has 5 nitrogen and oxygen atoms in total. The van der Waals surface area contributed by atoms with E-state index in [2.05, 4.69) is 15.3 Å². The number of aromatic amines is 2. The van der Waals surface area contributed by atoms with Gasteiger partial charge in [0.1, 0.15) is 0 Å². The fourth-order valence-electron chi connectivity index (χ4n) is 2.02. The highest BCUT2D eigenvalue weighted by Gasteiger charge is 2.12. The van der Waals surface area contributed by atoms with Crippen LogP contribution in [0.25, 0.3) is 11.0 Å². The van der Waals surface area contributed by atoms with Gasteiger partial charge in [-0.05, 0) is 30.3 Å². The zero-order valence-corrected chi connectivity index (χ0v) is 12.0. The van der Waals surface area contributed by atoms with Crippen molar-refractivity contribution < 1.29 is 4.79 Å². The van der Waals surface area contributed by atoms with Crippen LogP contribution in [0, 0.1) is 0 Å². The molecular formula is C14H9Cl2N3O2. The Labute approximate surface area is 128 Å². The number of H-pyrrole nitrogens is 2. The molecule has 3 N–H and O–H groups in total. The molecule has 0 radical (unpaired) electrons. The molecule has 0 aliphatic heterocycles. The SMILES string of the molecule is O=C(Nc1ccc(Cl)c(Cl)c1)c1cccc2[nH]c(=O)[nH]c12. The van der Waals surface area contributed by atoms with Gasteiger partial charge in [0, 0.05) is 5.69 Å². The number of amides is 1. The Kier molecular flexibility index (Phi) is 3.45. The van der Waals surface area contributed by atoms with E-state index in [0.717, 1.165) is 0 Å². The van der Waals surface area contributed by atoms with Gasteiger partial charge in [0.25, 0.3) is 5.91 Å². The van der Waals surface area contributed by atoms with E-state index in [9.17, 15) is 9.59 Å². The van der Waals surface area contributed by atoms with Crippen LogP contribution in [0.1, 0.15) is 10.4 Å². The molecule has 0 fully saturated rings. The number of anilines is 1. The highest BCUT2D eigenvalue weighted by atomic mass is 35.5. The van der Waals surface area contributed by atoms with Gasteiger partial charge in [-0.3, -0.25) is 4.79 Å². The highest BCUT2D eigenvalue weighted by Crippen LogP contribution is 2.25. The Hall–Kier alpha value is -2.24. The van der Waals surface area contributed by atoms with Crippen LogP contribution in [0.5, 0.6) is 0 Å². The Bertz CT molecular complexity index is 899. The minimum atomic E-state index is -0.361. The lowest BCUT2D eigenvalue weighted by molar-refractivity contribution is 0.102. The van der Waals surface area contributed by atoms with Crippen LogP contribution >= 0.6 is 23.2 Å². The molecule has 7 heteroatoms. The van der Waals surface area contributed by atoms with Gasteiger partial charge in [-0.1, -0.05) is 29.3 Å². The van der Waals surface area contributed by atoms with Crippen molar-refractivity contribution in [3.05, 3.63) is 62.5 Å². The van der Waals surface area contributed by atoms with Crippen molar-refractivity contribution in [1.29, 1.82) is 0 Å². The quantitative estimate of drug-likeness (QED) is 0.676. The normalized spacial score (nSPS) is 10.8. The second-order valence-electron chi connectivity index (χ2n) is 4.39. The zero-order valence-electron chi connectivity index (χ0n) is 10.5. The Balaban J connectivity index is 1.97. The van der Waals surface area contributed by atoms with Crippen molar-refractivity contribution in [2.45, 2.75) is 0 Å². The van der Waals surface area contributed by atoms with Crippen molar-refractivity contribution in [3.63, 3.8) is 0 Å². The molecule has 0 bridgehead atoms. The lowest BCUT2D eigenvalue weighted by atomic mass is 10.1. The molecule has 0 saturated heterocycles. The van der Waals surface area contributed by atoms with E-state index < -0.39 is 0 Å². The maximum absolute atomic E-state index is 12.3. The first kappa shape index (κ1) is 13.7. The van der Waals surface area contributed by atoms with Crippen LogP contribution in [0.2, 0.25) is 10.0 Å². The van der Waals surface area contributed by atoms with E-state index in [0.29, 0.717) is 32.3 Å². The lowest BCUT2D eigenvalue weighted by Gasteiger charge is -2.07. The Morgan fingerprint density at radius 3 is 2.62 bits per heavy atom. The number of benzene rings is 2. The average Bonchev–Trinajstić information content (AvgIpc) is 2.82. The summed E-state index contributed by atoms with van der Waals surface area (Å²) in [6.07, 6.45) is 0. The molecule has 0 aliphatic carbocycles. The molecule has 3 aromatic rings. The second kappa shape index (κ2) is 5.27. The first-order valence-electron chi connectivity index (χ1n) is 6.02. The fraction of sp³-hybridized carbons (Fsp3) is 0. The van der Waals surface area contributed by atoms with Gasteiger partial charge in [0.05, 0.1) is 26.6 Å². The molecule has 0 atom stereocenters. The summed E-state index contributed by atoms with van der Waals surface area (Å²) in [6.45, 7) is 0. The summed E-state index contributed by atoms with van der Waals surface area (Å²) in [5, 5.41) is 3.47. The number of hydrogen-bond acceptors (Lipinski definition) is 2. The molecule has 3 rings (SSSR count). The standard InChI is InChI=1S/C14H9Cl2N3O2/c15-9-5-4-7(6-10(9)16)17-13(20)8-2-1-3-11-12(8)19-14(21)18-11/h1-6H,(H,17,20)(H2,18,19,21). The minimum Gasteiger partial charge on any atom is -0.322 e. The third-order valence-corrected chi connectivity index (χ3v) is 3.71. The van der Waals surface area contributed by atoms with Crippen molar-refractivity contribution in [1.82, 2.24) is 9.97 Å². The maximum atomic E-state index is 12.3. The van der Waals surface area contributed by atoms with Crippen LogP contribution < -0.4 is 11.0 Å². The maximum Gasteiger partial charge on any atom is 0.323 e. The summed E-state index contributed by atoms with van der Waals surface area (Å²) >= 11 is 11.7. The van der Waals surface area contributed by atoms with Crippen molar-refractivity contribution in [3.8, 4) is 0 Å². The second-order valence-corrected chi connectivity index (χ2v) is 5.20. The van der Waals surface area contributed by atoms with E-state index in [1.54, 1.807) is 36.4 Å². The van der Waals surface area contributed by atoms with Gasteiger partial charge in [0.15, 0.2) is 0 Å². The first-order valence-corrected chi connectivity index (χ1v) is 6.77. The van der Waals surface area contributed by atoms with Gasteiger partial charge in [0.2, 0.25) is 0 Å². The molecule has 0 aliphatic rings. The highest BCUT2D eigenvalue weighted by molar-refractivity contribution is 6.42. The van der Waals surface area contributed by atoms with Gasteiger partial charge in [-0.25, -0.2) is 4.79 Å². The summed E-state index contributed by atoms with van der Waals surface area (Å²) in [5.41, 5.74) is 1.54. The largest absolute Gasteiger partial charge is 0.323 e. The van der Waals surface area contributed by atoms with Crippen molar-refractivity contribution in [2.24, 2.45) is 0 Å². The Morgan fingerprint density at radius 2 is 1.86 bits per heavy atom. The van der Waals surface area contributed by atoms with Crippen LogP contribution in [-0.2, 0) is 0 Å². The summed E-state index contributed by atoms with van der Waals surface area (Å²) < 4.78 is 0. The monoisotopic (exact) mass is 321 g/mol. The van der Waals surface area contributed by atoms with Crippen LogP contribution in [0.4, 0.5) is 5.69 Å². The summed E-state index contributed by atoms with van der Waals surface area (Å²) in [5.74, 6) is -0.353. The summed E-state index contributed by atoms with van der Waals surface area (Å²) in [4.78, 5) is 28.8. The zero-order chi connectivity index (χ0) is 15.0. The van der Waals surface area contributed by atoms with Crippen molar-refractivity contribution in [2.75, 3.05) is 5.32 Å². The number of halogens is 2. The first-order chi connectivity index (χ1) is 10.0.